The Labute approximate surface area is 182 Å². The van der Waals surface area contributed by atoms with Gasteiger partial charge in [-0.25, -0.2) is 8.42 Å². The van der Waals surface area contributed by atoms with Crippen LogP contribution in [0.2, 0.25) is 0 Å². The number of nitrogens with one attached hydrogen (secondary N) is 1. The molecule has 0 radical (unpaired) electrons. The minimum absolute atomic E-state index is 0.136. The van der Waals surface area contributed by atoms with Gasteiger partial charge in [0.25, 0.3) is 10.0 Å². The maximum absolute atomic E-state index is 12.9. The number of carbonyl (C=O) groups is 1. The molecule has 1 aromatic heterocycles. The lowest BCUT2D eigenvalue weighted by molar-refractivity contribution is -0.126. The van der Waals surface area contributed by atoms with Crippen LogP contribution in [0.4, 0.5) is 0 Å². The van der Waals surface area contributed by atoms with Gasteiger partial charge in [0.1, 0.15) is 4.21 Å². The van der Waals surface area contributed by atoms with Crippen molar-refractivity contribution in [3.63, 3.8) is 0 Å². The van der Waals surface area contributed by atoms with Crippen LogP contribution in [0.3, 0.4) is 0 Å². The van der Waals surface area contributed by atoms with Crippen molar-refractivity contribution in [2.75, 3.05) is 27.3 Å². The zero-order chi connectivity index (χ0) is 21.9. The summed E-state index contributed by atoms with van der Waals surface area (Å²) in [5.74, 6) is 0.725. The maximum atomic E-state index is 12.9. The molecule has 2 unspecified atom stereocenters. The monoisotopic (exact) mass is 452 g/mol. The lowest BCUT2D eigenvalue weighted by atomic mass is 9.96. The fraction of sp³-hybridized carbons (Fsp3) is 0.476. The van der Waals surface area contributed by atoms with E-state index in [0.29, 0.717) is 35.1 Å². The summed E-state index contributed by atoms with van der Waals surface area (Å²) in [6.07, 6.45) is 1.33. The second-order valence-electron chi connectivity index (χ2n) is 7.43. The first-order valence-corrected chi connectivity index (χ1v) is 12.2. The molecule has 1 aliphatic rings. The molecule has 2 heterocycles. The summed E-state index contributed by atoms with van der Waals surface area (Å²) >= 11 is 1.20. The fourth-order valence-electron chi connectivity index (χ4n) is 3.78. The van der Waals surface area contributed by atoms with Gasteiger partial charge in [-0.3, -0.25) is 4.79 Å². The van der Waals surface area contributed by atoms with Gasteiger partial charge < -0.3 is 14.8 Å². The highest BCUT2D eigenvalue weighted by molar-refractivity contribution is 7.91. The van der Waals surface area contributed by atoms with Crippen LogP contribution in [0.5, 0.6) is 11.5 Å². The summed E-state index contributed by atoms with van der Waals surface area (Å²) in [7, 11) is -0.389. The van der Waals surface area contributed by atoms with Gasteiger partial charge >= 0.3 is 0 Å². The van der Waals surface area contributed by atoms with Crippen molar-refractivity contribution in [1.82, 2.24) is 9.62 Å². The van der Waals surface area contributed by atoms with E-state index >= 15 is 0 Å². The van der Waals surface area contributed by atoms with Gasteiger partial charge in [0, 0.05) is 13.1 Å². The largest absolute Gasteiger partial charge is 0.493 e. The standard InChI is InChI=1S/C21H28N2O5S2/c1-14-11-18(27-3)19(28-4)12-17(14)15(2)22-21(24)16-7-5-9-23(13-16)30(25,26)20-8-6-10-29-20/h6,8,10-12,15-16H,5,7,9,13H2,1-4H3,(H,22,24). The summed E-state index contributed by atoms with van der Waals surface area (Å²) in [5.41, 5.74) is 1.91. The third kappa shape index (κ3) is 4.63. The van der Waals surface area contributed by atoms with Crippen LogP contribution in [-0.4, -0.2) is 45.9 Å². The van der Waals surface area contributed by atoms with E-state index in [-0.39, 0.29) is 24.4 Å². The Morgan fingerprint density at radius 1 is 1.27 bits per heavy atom. The number of piperidine rings is 1. The van der Waals surface area contributed by atoms with Crippen molar-refractivity contribution in [2.24, 2.45) is 5.92 Å². The van der Waals surface area contributed by atoms with E-state index in [1.807, 2.05) is 26.0 Å². The first kappa shape index (κ1) is 22.6. The van der Waals surface area contributed by atoms with Crippen molar-refractivity contribution >= 4 is 27.3 Å². The second-order valence-corrected chi connectivity index (χ2v) is 10.5. The Morgan fingerprint density at radius 3 is 2.60 bits per heavy atom. The van der Waals surface area contributed by atoms with E-state index in [1.165, 1.54) is 15.6 Å². The van der Waals surface area contributed by atoms with Crippen LogP contribution in [0.1, 0.15) is 36.9 Å². The third-order valence-electron chi connectivity index (χ3n) is 5.44. The number of carbonyl (C=O) groups excluding carboxylic acids is 1. The Balaban J connectivity index is 1.71. The van der Waals surface area contributed by atoms with Crippen LogP contribution in [0.25, 0.3) is 0 Å². The van der Waals surface area contributed by atoms with E-state index in [4.69, 9.17) is 9.47 Å². The molecule has 1 amide bonds. The average molecular weight is 453 g/mol. The number of amides is 1. The van der Waals surface area contributed by atoms with Crippen molar-refractivity contribution in [3.8, 4) is 11.5 Å². The number of hydrogen-bond donors (Lipinski definition) is 1. The highest BCUT2D eigenvalue weighted by Gasteiger charge is 2.34. The van der Waals surface area contributed by atoms with Crippen molar-refractivity contribution in [3.05, 3.63) is 40.8 Å². The van der Waals surface area contributed by atoms with E-state index in [1.54, 1.807) is 31.7 Å². The molecular weight excluding hydrogens is 424 g/mol. The van der Waals surface area contributed by atoms with E-state index in [0.717, 1.165) is 11.1 Å². The quantitative estimate of drug-likeness (QED) is 0.696. The summed E-state index contributed by atoms with van der Waals surface area (Å²) < 4.78 is 38.1. The molecule has 9 heteroatoms. The van der Waals surface area contributed by atoms with Crippen LogP contribution < -0.4 is 14.8 Å². The first-order valence-electron chi connectivity index (χ1n) is 9.84. The van der Waals surface area contributed by atoms with E-state index < -0.39 is 10.0 Å². The van der Waals surface area contributed by atoms with Gasteiger partial charge in [-0.15, -0.1) is 11.3 Å². The van der Waals surface area contributed by atoms with E-state index in [2.05, 4.69) is 5.32 Å². The number of benzene rings is 1. The van der Waals surface area contributed by atoms with Crippen LogP contribution >= 0.6 is 11.3 Å². The highest BCUT2D eigenvalue weighted by Crippen LogP contribution is 2.33. The number of hydrogen-bond acceptors (Lipinski definition) is 6. The molecule has 2 atom stereocenters. The van der Waals surface area contributed by atoms with Gasteiger partial charge in [0.05, 0.1) is 26.2 Å². The molecule has 0 aliphatic carbocycles. The van der Waals surface area contributed by atoms with Crippen molar-refractivity contribution in [2.45, 2.75) is 36.9 Å². The topological polar surface area (TPSA) is 84.9 Å². The molecule has 0 bridgehead atoms. The molecule has 1 fully saturated rings. The average Bonchev–Trinajstić information content (AvgIpc) is 3.29. The molecular formula is C21H28N2O5S2. The summed E-state index contributed by atoms with van der Waals surface area (Å²) in [6.45, 7) is 4.50. The zero-order valence-electron chi connectivity index (χ0n) is 17.7. The lowest BCUT2D eigenvalue weighted by Crippen LogP contribution is -2.45. The molecule has 0 spiro atoms. The number of aryl methyl sites for hydroxylation is 1. The fourth-order valence-corrected chi connectivity index (χ4v) is 6.45. The zero-order valence-corrected chi connectivity index (χ0v) is 19.3. The number of ether oxygens (including phenoxy) is 2. The molecule has 1 saturated heterocycles. The number of methoxy groups -OCH3 is 2. The molecule has 1 aromatic carbocycles. The molecule has 7 nitrogen and oxygen atoms in total. The molecule has 2 aromatic rings. The van der Waals surface area contributed by atoms with Crippen molar-refractivity contribution < 1.29 is 22.7 Å². The van der Waals surface area contributed by atoms with Crippen LogP contribution in [0.15, 0.2) is 33.9 Å². The third-order valence-corrected chi connectivity index (χ3v) is 8.68. The molecule has 164 valence electrons. The smallest absolute Gasteiger partial charge is 0.252 e. The van der Waals surface area contributed by atoms with Gasteiger partial charge in [-0.2, -0.15) is 4.31 Å². The first-order chi connectivity index (χ1) is 14.3. The Kier molecular flexibility index (Phi) is 7.05. The van der Waals surface area contributed by atoms with Crippen LogP contribution in [0, 0.1) is 12.8 Å². The maximum Gasteiger partial charge on any atom is 0.252 e. The number of rotatable bonds is 7. The predicted octanol–water partition coefficient (Wildman–Crippen LogP) is 3.35. The number of thiophene rings is 1. The number of nitrogens with zero attached hydrogens (tertiary/aromatic N) is 1. The summed E-state index contributed by atoms with van der Waals surface area (Å²) in [6, 6.07) is 6.83. The van der Waals surface area contributed by atoms with Crippen LogP contribution in [-0.2, 0) is 14.8 Å². The SMILES string of the molecule is COc1cc(C)c(C(C)NC(=O)C2CCCN(S(=O)(=O)c3cccs3)C2)cc1OC. The highest BCUT2D eigenvalue weighted by atomic mass is 32.2. The molecule has 30 heavy (non-hydrogen) atoms. The van der Waals surface area contributed by atoms with Gasteiger partial charge in [0.2, 0.25) is 5.91 Å². The van der Waals surface area contributed by atoms with Crippen molar-refractivity contribution in [1.29, 1.82) is 0 Å². The molecule has 1 aliphatic heterocycles. The molecule has 0 saturated carbocycles. The van der Waals surface area contributed by atoms with E-state index in [9.17, 15) is 13.2 Å². The van der Waals surface area contributed by atoms with Gasteiger partial charge in [-0.1, -0.05) is 6.07 Å². The molecule has 1 N–H and O–H groups in total. The number of sulfonamides is 1. The molecule has 3 rings (SSSR count). The minimum Gasteiger partial charge on any atom is -0.493 e. The Bertz CT molecular complexity index is 989. The van der Waals surface area contributed by atoms with Gasteiger partial charge in [0.15, 0.2) is 11.5 Å². The Morgan fingerprint density at radius 2 is 1.97 bits per heavy atom. The van der Waals surface area contributed by atoms with Gasteiger partial charge in [-0.05, 0) is 61.4 Å². The minimum atomic E-state index is -3.55. The predicted molar refractivity (Wildman–Crippen MR) is 117 cm³/mol. The second kappa shape index (κ2) is 9.36. The summed E-state index contributed by atoms with van der Waals surface area (Å²) in [4.78, 5) is 12.9. The summed E-state index contributed by atoms with van der Waals surface area (Å²) in [5, 5.41) is 4.79. The Hall–Kier alpha value is -2.10. The lowest BCUT2D eigenvalue weighted by Gasteiger charge is -2.31. The normalized spacial score (nSPS) is 18.6.